The SMILES string of the molecule is O=C(NCCOc1ccc(F)cc1F)N1CCCCCC1. The highest BCUT2D eigenvalue weighted by atomic mass is 19.1. The van der Waals surface area contributed by atoms with E-state index in [1.807, 2.05) is 0 Å². The number of rotatable bonds is 4. The average Bonchev–Trinajstić information content (AvgIpc) is 2.74. The van der Waals surface area contributed by atoms with Gasteiger partial charge in [-0.15, -0.1) is 0 Å². The Morgan fingerprint density at radius 3 is 2.57 bits per heavy atom. The molecule has 0 unspecified atom stereocenters. The van der Waals surface area contributed by atoms with E-state index in [1.165, 1.54) is 6.07 Å². The Kier molecular flexibility index (Phi) is 5.78. The molecular formula is C15H20F2N2O2. The number of carbonyl (C=O) groups is 1. The minimum atomic E-state index is -0.742. The number of amides is 2. The molecule has 0 atom stereocenters. The summed E-state index contributed by atoms with van der Waals surface area (Å²) in [6.07, 6.45) is 4.39. The summed E-state index contributed by atoms with van der Waals surface area (Å²) in [6, 6.07) is 3.03. The predicted molar refractivity (Wildman–Crippen MR) is 75.3 cm³/mol. The zero-order valence-corrected chi connectivity index (χ0v) is 11.9. The molecule has 1 N–H and O–H groups in total. The molecule has 1 aromatic rings. The van der Waals surface area contributed by atoms with Crippen molar-refractivity contribution in [2.24, 2.45) is 0 Å². The van der Waals surface area contributed by atoms with Crippen LogP contribution in [0.5, 0.6) is 5.75 Å². The smallest absolute Gasteiger partial charge is 0.317 e. The molecule has 4 nitrogen and oxygen atoms in total. The average molecular weight is 298 g/mol. The Morgan fingerprint density at radius 1 is 1.19 bits per heavy atom. The van der Waals surface area contributed by atoms with Gasteiger partial charge in [0.05, 0.1) is 6.54 Å². The molecule has 116 valence electrons. The summed E-state index contributed by atoms with van der Waals surface area (Å²) in [7, 11) is 0. The van der Waals surface area contributed by atoms with Gasteiger partial charge >= 0.3 is 6.03 Å². The fourth-order valence-corrected chi connectivity index (χ4v) is 2.30. The van der Waals surface area contributed by atoms with E-state index in [-0.39, 0.29) is 24.9 Å². The summed E-state index contributed by atoms with van der Waals surface area (Å²) >= 11 is 0. The molecule has 0 aromatic heterocycles. The first-order chi connectivity index (χ1) is 10.2. The van der Waals surface area contributed by atoms with Gasteiger partial charge in [-0.05, 0) is 25.0 Å². The Balaban J connectivity index is 1.70. The third-order valence-electron chi connectivity index (χ3n) is 3.42. The molecule has 1 saturated heterocycles. The first-order valence-electron chi connectivity index (χ1n) is 7.27. The van der Waals surface area contributed by atoms with Crippen molar-refractivity contribution in [2.75, 3.05) is 26.2 Å². The summed E-state index contributed by atoms with van der Waals surface area (Å²) < 4.78 is 31.2. The number of ether oxygens (including phenoxy) is 1. The highest BCUT2D eigenvalue weighted by Gasteiger charge is 2.14. The Morgan fingerprint density at radius 2 is 1.90 bits per heavy atom. The van der Waals surface area contributed by atoms with Crippen LogP contribution in [-0.4, -0.2) is 37.2 Å². The number of likely N-dealkylation sites (tertiary alicyclic amines) is 1. The third kappa shape index (κ3) is 4.88. The standard InChI is InChI=1S/C15H20F2N2O2/c16-12-5-6-14(13(17)11-12)21-10-7-18-15(20)19-8-3-1-2-4-9-19/h5-6,11H,1-4,7-10H2,(H,18,20). The Labute approximate surface area is 123 Å². The van der Waals surface area contributed by atoms with Gasteiger partial charge in [-0.25, -0.2) is 13.6 Å². The maximum absolute atomic E-state index is 13.3. The van der Waals surface area contributed by atoms with Gasteiger partial charge in [0.15, 0.2) is 11.6 Å². The van der Waals surface area contributed by atoms with Crippen LogP contribution in [0.3, 0.4) is 0 Å². The second-order valence-corrected chi connectivity index (χ2v) is 5.06. The van der Waals surface area contributed by atoms with Gasteiger partial charge in [0, 0.05) is 19.2 Å². The van der Waals surface area contributed by atoms with Crippen LogP contribution in [0.4, 0.5) is 13.6 Å². The molecule has 0 saturated carbocycles. The van der Waals surface area contributed by atoms with Gasteiger partial charge in [-0.2, -0.15) is 0 Å². The molecule has 2 rings (SSSR count). The largest absolute Gasteiger partial charge is 0.489 e. The van der Waals surface area contributed by atoms with Crippen molar-refractivity contribution in [3.8, 4) is 5.75 Å². The van der Waals surface area contributed by atoms with E-state index in [0.717, 1.165) is 50.9 Å². The Bertz CT molecular complexity index is 475. The van der Waals surface area contributed by atoms with Crippen LogP contribution < -0.4 is 10.1 Å². The summed E-state index contributed by atoms with van der Waals surface area (Å²) in [5.74, 6) is -1.40. The van der Waals surface area contributed by atoms with Crippen LogP contribution in [0.15, 0.2) is 18.2 Å². The first kappa shape index (κ1) is 15.5. The quantitative estimate of drug-likeness (QED) is 0.868. The number of urea groups is 1. The second kappa shape index (κ2) is 7.81. The minimum Gasteiger partial charge on any atom is -0.489 e. The fourth-order valence-electron chi connectivity index (χ4n) is 2.30. The fraction of sp³-hybridized carbons (Fsp3) is 0.533. The highest BCUT2D eigenvalue weighted by molar-refractivity contribution is 5.74. The van der Waals surface area contributed by atoms with E-state index >= 15 is 0 Å². The van der Waals surface area contributed by atoms with E-state index in [1.54, 1.807) is 4.90 Å². The maximum Gasteiger partial charge on any atom is 0.317 e. The summed E-state index contributed by atoms with van der Waals surface area (Å²) in [5, 5.41) is 2.75. The lowest BCUT2D eigenvalue weighted by Crippen LogP contribution is -2.41. The number of carbonyl (C=O) groups excluding carboxylic acids is 1. The molecule has 2 amide bonds. The molecule has 0 bridgehead atoms. The van der Waals surface area contributed by atoms with Crippen LogP contribution in [0.1, 0.15) is 25.7 Å². The molecular weight excluding hydrogens is 278 g/mol. The molecule has 1 aliphatic heterocycles. The summed E-state index contributed by atoms with van der Waals surface area (Å²) in [4.78, 5) is 13.7. The number of hydrogen-bond donors (Lipinski definition) is 1. The number of nitrogens with one attached hydrogen (secondary N) is 1. The molecule has 1 aliphatic rings. The molecule has 6 heteroatoms. The summed E-state index contributed by atoms with van der Waals surface area (Å²) in [5.41, 5.74) is 0. The van der Waals surface area contributed by atoms with Crippen molar-refractivity contribution >= 4 is 6.03 Å². The summed E-state index contributed by atoms with van der Waals surface area (Å²) in [6.45, 7) is 1.98. The lowest BCUT2D eigenvalue weighted by Gasteiger charge is -2.20. The Hall–Kier alpha value is -1.85. The monoisotopic (exact) mass is 298 g/mol. The molecule has 1 heterocycles. The van der Waals surface area contributed by atoms with Crippen molar-refractivity contribution in [3.63, 3.8) is 0 Å². The van der Waals surface area contributed by atoms with E-state index < -0.39 is 11.6 Å². The van der Waals surface area contributed by atoms with Crippen LogP contribution in [0.2, 0.25) is 0 Å². The van der Waals surface area contributed by atoms with E-state index in [2.05, 4.69) is 5.32 Å². The number of halogens is 2. The van der Waals surface area contributed by atoms with Crippen LogP contribution in [-0.2, 0) is 0 Å². The molecule has 0 aliphatic carbocycles. The third-order valence-corrected chi connectivity index (χ3v) is 3.42. The number of benzene rings is 1. The maximum atomic E-state index is 13.3. The van der Waals surface area contributed by atoms with Crippen molar-refractivity contribution in [1.29, 1.82) is 0 Å². The molecule has 1 fully saturated rings. The minimum absolute atomic E-state index is 0.0135. The van der Waals surface area contributed by atoms with Crippen molar-refractivity contribution < 1.29 is 18.3 Å². The zero-order valence-electron chi connectivity index (χ0n) is 11.9. The second-order valence-electron chi connectivity index (χ2n) is 5.06. The van der Waals surface area contributed by atoms with E-state index in [0.29, 0.717) is 0 Å². The van der Waals surface area contributed by atoms with E-state index in [9.17, 15) is 13.6 Å². The molecule has 1 aromatic carbocycles. The van der Waals surface area contributed by atoms with Crippen LogP contribution >= 0.6 is 0 Å². The van der Waals surface area contributed by atoms with Crippen molar-refractivity contribution in [2.45, 2.75) is 25.7 Å². The first-order valence-corrected chi connectivity index (χ1v) is 7.27. The molecule has 0 spiro atoms. The van der Waals surface area contributed by atoms with Crippen molar-refractivity contribution in [3.05, 3.63) is 29.8 Å². The van der Waals surface area contributed by atoms with Gasteiger partial charge in [-0.1, -0.05) is 12.8 Å². The van der Waals surface area contributed by atoms with E-state index in [4.69, 9.17) is 4.74 Å². The molecule has 0 radical (unpaired) electrons. The highest BCUT2D eigenvalue weighted by Crippen LogP contribution is 2.17. The topological polar surface area (TPSA) is 41.6 Å². The lowest BCUT2D eigenvalue weighted by molar-refractivity contribution is 0.196. The van der Waals surface area contributed by atoms with Crippen LogP contribution in [0.25, 0.3) is 0 Å². The van der Waals surface area contributed by atoms with Gasteiger partial charge in [-0.3, -0.25) is 0 Å². The number of nitrogens with zero attached hydrogens (tertiary/aromatic N) is 1. The van der Waals surface area contributed by atoms with Crippen LogP contribution in [0, 0.1) is 11.6 Å². The zero-order chi connectivity index (χ0) is 15.1. The van der Waals surface area contributed by atoms with Crippen molar-refractivity contribution in [1.82, 2.24) is 10.2 Å². The van der Waals surface area contributed by atoms with Gasteiger partial charge in [0.2, 0.25) is 0 Å². The van der Waals surface area contributed by atoms with Gasteiger partial charge in [0.25, 0.3) is 0 Å². The normalized spacial score (nSPS) is 15.4. The predicted octanol–water partition coefficient (Wildman–Crippen LogP) is 2.93. The van der Waals surface area contributed by atoms with Gasteiger partial charge < -0.3 is 15.0 Å². The van der Waals surface area contributed by atoms with Gasteiger partial charge in [0.1, 0.15) is 12.4 Å². The molecule has 21 heavy (non-hydrogen) atoms. The lowest BCUT2D eigenvalue weighted by atomic mass is 10.2. The number of hydrogen-bond acceptors (Lipinski definition) is 2.